The van der Waals surface area contributed by atoms with Gasteiger partial charge in [0.05, 0.1) is 17.7 Å². The number of rotatable bonds is 1. The third-order valence-electron chi connectivity index (χ3n) is 3.82. The summed E-state index contributed by atoms with van der Waals surface area (Å²) in [5.41, 5.74) is 2.78. The lowest BCUT2D eigenvalue weighted by molar-refractivity contribution is 0.306. The van der Waals surface area contributed by atoms with Crippen molar-refractivity contribution in [2.75, 3.05) is 19.1 Å². The van der Waals surface area contributed by atoms with Gasteiger partial charge in [0.15, 0.2) is 0 Å². The number of ether oxygens (including phenoxy) is 1. The highest BCUT2D eigenvalue weighted by atomic mass is 32.2. The SMILES string of the molecule is COc1ncnc2c1N(C)C1=C(S2)C(=NO)CC(C)(C)C1. The smallest absolute Gasteiger partial charge is 0.242 e. The van der Waals surface area contributed by atoms with Gasteiger partial charge in [0.25, 0.3) is 0 Å². The number of oxime groups is 1. The number of methoxy groups -OCH3 is 1. The molecule has 0 radical (unpaired) electrons. The molecule has 0 amide bonds. The van der Waals surface area contributed by atoms with Gasteiger partial charge >= 0.3 is 0 Å². The standard InChI is InChI=1S/C14H18N4O2S/c1-14(2)5-8(17-19)11-9(6-14)18(3)10-12(20-4)15-7-16-13(10)21-11/h7,19H,5-6H2,1-4H3. The van der Waals surface area contributed by atoms with Gasteiger partial charge in [-0.2, -0.15) is 4.98 Å². The molecule has 1 aromatic heterocycles. The van der Waals surface area contributed by atoms with Crippen molar-refractivity contribution in [1.29, 1.82) is 0 Å². The maximum absolute atomic E-state index is 9.36. The van der Waals surface area contributed by atoms with Gasteiger partial charge in [-0.15, -0.1) is 0 Å². The second-order valence-corrected chi connectivity index (χ2v) is 7.04. The number of aromatic nitrogens is 2. The van der Waals surface area contributed by atoms with E-state index in [0.717, 1.165) is 39.9 Å². The Balaban J connectivity index is 2.14. The van der Waals surface area contributed by atoms with Gasteiger partial charge in [0, 0.05) is 12.7 Å². The van der Waals surface area contributed by atoms with Crippen molar-refractivity contribution < 1.29 is 9.94 Å². The molecule has 2 aliphatic rings. The van der Waals surface area contributed by atoms with Gasteiger partial charge in [0.2, 0.25) is 5.88 Å². The maximum Gasteiger partial charge on any atom is 0.242 e. The van der Waals surface area contributed by atoms with Crippen LogP contribution in [-0.2, 0) is 0 Å². The second-order valence-electron chi connectivity index (χ2n) is 6.04. The maximum atomic E-state index is 9.36. The van der Waals surface area contributed by atoms with E-state index in [4.69, 9.17) is 4.74 Å². The number of hydrogen-bond donors (Lipinski definition) is 1. The van der Waals surface area contributed by atoms with Gasteiger partial charge < -0.3 is 14.8 Å². The van der Waals surface area contributed by atoms with Crippen LogP contribution in [0.5, 0.6) is 5.88 Å². The van der Waals surface area contributed by atoms with Gasteiger partial charge in [-0.05, 0) is 18.3 Å². The zero-order chi connectivity index (χ0) is 15.2. The molecule has 7 heteroatoms. The average molecular weight is 306 g/mol. The fourth-order valence-corrected chi connectivity index (χ4v) is 4.03. The molecule has 1 aromatic rings. The highest BCUT2D eigenvalue weighted by Crippen LogP contribution is 2.51. The zero-order valence-corrected chi connectivity index (χ0v) is 13.4. The lowest BCUT2D eigenvalue weighted by atomic mass is 9.78. The average Bonchev–Trinajstić information content (AvgIpc) is 2.46. The molecule has 0 bridgehead atoms. The summed E-state index contributed by atoms with van der Waals surface area (Å²) >= 11 is 1.52. The molecule has 112 valence electrons. The minimum atomic E-state index is 0.0512. The van der Waals surface area contributed by atoms with Crippen LogP contribution in [0.15, 0.2) is 27.1 Å². The molecule has 0 saturated carbocycles. The van der Waals surface area contributed by atoms with Crippen LogP contribution >= 0.6 is 11.8 Å². The molecule has 0 atom stereocenters. The first-order valence-corrected chi connectivity index (χ1v) is 7.53. The van der Waals surface area contributed by atoms with Crippen LogP contribution in [0.3, 0.4) is 0 Å². The summed E-state index contributed by atoms with van der Waals surface area (Å²) in [5, 5.41) is 13.7. The number of nitrogens with zero attached hydrogens (tertiary/aromatic N) is 4. The van der Waals surface area contributed by atoms with E-state index in [9.17, 15) is 5.21 Å². The minimum Gasteiger partial charge on any atom is -0.479 e. The van der Waals surface area contributed by atoms with Gasteiger partial charge in [-0.25, -0.2) is 4.98 Å². The summed E-state index contributed by atoms with van der Waals surface area (Å²) in [6.07, 6.45) is 3.15. The quantitative estimate of drug-likeness (QED) is 0.489. The number of thioether (sulfide) groups is 1. The Morgan fingerprint density at radius 2 is 2.14 bits per heavy atom. The van der Waals surface area contributed by atoms with Crippen LogP contribution in [0.25, 0.3) is 0 Å². The summed E-state index contributed by atoms with van der Waals surface area (Å²) < 4.78 is 5.36. The Morgan fingerprint density at radius 3 is 2.81 bits per heavy atom. The van der Waals surface area contributed by atoms with Gasteiger partial charge in [-0.3, -0.25) is 0 Å². The van der Waals surface area contributed by atoms with E-state index in [-0.39, 0.29) is 5.41 Å². The van der Waals surface area contributed by atoms with Crippen LogP contribution in [0.2, 0.25) is 0 Å². The van der Waals surface area contributed by atoms with Crippen LogP contribution in [-0.4, -0.2) is 35.0 Å². The van der Waals surface area contributed by atoms with E-state index in [1.165, 1.54) is 18.1 Å². The molecule has 0 saturated heterocycles. The van der Waals surface area contributed by atoms with Crippen molar-refractivity contribution in [3.05, 3.63) is 16.9 Å². The monoisotopic (exact) mass is 306 g/mol. The molecule has 3 rings (SSSR count). The molecule has 0 unspecified atom stereocenters. The van der Waals surface area contributed by atoms with Crippen LogP contribution in [0.4, 0.5) is 5.69 Å². The van der Waals surface area contributed by atoms with Crippen LogP contribution in [0, 0.1) is 5.41 Å². The lowest BCUT2D eigenvalue weighted by Gasteiger charge is -2.40. The molecule has 1 aliphatic carbocycles. The summed E-state index contributed by atoms with van der Waals surface area (Å²) in [4.78, 5) is 11.6. The van der Waals surface area contributed by atoms with E-state index in [2.05, 4.69) is 33.9 Å². The molecule has 1 aliphatic heterocycles. The topological polar surface area (TPSA) is 70.8 Å². The Kier molecular flexibility index (Phi) is 3.32. The molecule has 0 aromatic carbocycles. The van der Waals surface area contributed by atoms with E-state index >= 15 is 0 Å². The molecule has 21 heavy (non-hydrogen) atoms. The Bertz CT molecular complexity index is 654. The fourth-order valence-electron chi connectivity index (χ4n) is 2.86. The molecule has 0 spiro atoms. The Morgan fingerprint density at radius 1 is 1.38 bits per heavy atom. The predicted molar refractivity (Wildman–Crippen MR) is 82.1 cm³/mol. The van der Waals surface area contributed by atoms with E-state index in [1.54, 1.807) is 7.11 Å². The Hall–Kier alpha value is -1.76. The van der Waals surface area contributed by atoms with Crippen molar-refractivity contribution in [3.63, 3.8) is 0 Å². The van der Waals surface area contributed by atoms with Crippen molar-refractivity contribution in [2.24, 2.45) is 10.6 Å². The number of allylic oxidation sites excluding steroid dienone is 2. The third kappa shape index (κ3) is 2.25. The summed E-state index contributed by atoms with van der Waals surface area (Å²) in [6.45, 7) is 4.35. The Labute approximate surface area is 127 Å². The first-order valence-electron chi connectivity index (χ1n) is 6.72. The summed E-state index contributed by atoms with van der Waals surface area (Å²) in [7, 11) is 3.59. The number of anilines is 1. The molecule has 2 heterocycles. The zero-order valence-electron chi connectivity index (χ0n) is 12.5. The fraction of sp³-hybridized carbons (Fsp3) is 0.500. The molecule has 0 fully saturated rings. The van der Waals surface area contributed by atoms with Crippen molar-refractivity contribution in [2.45, 2.75) is 31.7 Å². The van der Waals surface area contributed by atoms with Crippen molar-refractivity contribution >= 4 is 23.2 Å². The van der Waals surface area contributed by atoms with Gasteiger partial charge in [-0.1, -0.05) is 30.8 Å². The third-order valence-corrected chi connectivity index (χ3v) is 4.99. The molecule has 6 nitrogen and oxygen atoms in total. The number of hydrogen-bond acceptors (Lipinski definition) is 7. The molecule has 1 N–H and O–H groups in total. The summed E-state index contributed by atoms with van der Waals surface area (Å²) in [6, 6.07) is 0. The first kappa shape index (κ1) is 14.2. The first-order chi connectivity index (χ1) is 9.96. The van der Waals surface area contributed by atoms with E-state index in [0.29, 0.717) is 5.88 Å². The number of fused-ring (bicyclic) bond motifs is 1. The molecular weight excluding hydrogens is 288 g/mol. The largest absolute Gasteiger partial charge is 0.479 e. The summed E-state index contributed by atoms with van der Waals surface area (Å²) in [5.74, 6) is 0.562. The minimum absolute atomic E-state index is 0.0512. The van der Waals surface area contributed by atoms with Crippen LogP contribution < -0.4 is 9.64 Å². The molecular formula is C14H18N4O2S. The predicted octanol–water partition coefficient (Wildman–Crippen LogP) is 2.89. The highest BCUT2D eigenvalue weighted by Gasteiger charge is 2.39. The normalized spacial score (nSPS) is 22.1. The van der Waals surface area contributed by atoms with E-state index in [1.807, 2.05) is 7.05 Å². The lowest BCUT2D eigenvalue weighted by Crippen LogP contribution is -2.34. The van der Waals surface area contributed by atoms with Crippen molar-refractivity contribution in [1.82, 2.24) is 9.97 Å². The van der Waals surface area contributed by atoms with Gasteiger partial charge in [0.1, 0.15) is 17.0 Å². The second kappa shape index (κ2) is 4.91. The van der Waals surface area contributed by atoms with Crippen LogP contribution in [0.1, 0.15) is 26.7 Å². The highest BCUT2D eigenvalue weighted by molar-refractivity contribution is 8.04. The van der Waals surface area contributed by atoms with Crippen molar-refractivity contribution in [3.8, 4) is 5.88 Å². The van der Waals surface area contributed by atoms with E-state index < -0.39 is 0 Å².